The van der Waals surface area contributed by atoms with Crippen molar-refractivity contribution in [3.05, 3.63) is 59.8 Å². The number of aromatic nitrogens is 1. The van der Waals surface area contributed by atoms with E-state index < -0.39 is 5.60 Å². The summed E-state index contributed by atoms with van der Waals surface area (Å²) in [6.07, 6.45) is 13.7. The average Bonchev–Trinajstić information content (AvgIpc) is 2.88. The summed E-state index contributed by atoms with van der Waals surface area (Å²) in [7, 11) is 0. The third-order valence-corrected chi connectivity index (χ3v) is 7.36. The van der Waals surface area contributed by atoms with Gasteiger partial charge in [-0.05, 0) is 113 Å². The van der Waals surface area contributed by atoms with Gasteiger partial charge in [0.2, 0.25) is 0 Å². The lowest BCUT2D eigenvalue weighted by Crippen LogP contribution is -2.39. The summed E-state index contributed by atoms with van der Waals surface area (Å²) >= 11 is 0. The molecule has 1 N–H and O–H groups in total. The second-order valence-corrected chi connectivity index (χ2v) is 11.5. The van der Waals surface area contributed by atoms with Gasteiger partial charge in [-0.2, -0.15) is 5.26 Å². The van der Waals surface area contributed by atoms with Crippen LogP contribution in [0, 0.1) is 23.2 Å². The van der Waals surface area contributed by atoms with Crippen LogP contribution in [0.3, 0.4) is 0 Å². The van der Waals surface area contributed by atoms with E-state index in [1.54, 1.807) is 12.3 Å². The Kier molecular flexibility index (Phi) is 8.87. The van der Waals surface area contributed by atoms with Crippen LogP contribution in [0.5, 0.6) is 0 Å². The third kappa shape index (κ3) is 8.08. The van der Waals surface area contributed by atoms with Crippen LogP contribution in [0.1, 0.15) is 76.8 Å². The highest BCUT2D eigenvalue weighted by Gasteiger charge is 2.30. The average molecular weight is 501 g/mol. The number of hydrogen-bond acceptors (Lipinski definition) is 6. The number of carbonyl (C=O) groups excluding carboxylic acids is 1. The van der Waals surface area contributed by atoms with E-state index in [0.717, 1.165) is 30.9 Å². The molecule has 6 nitrogen and oxygen atoms in total. The van der Waals surface area contributed by atoms with E-state index in [4.69, 9.17) is 10.00 Å². The number of rotatable bonds is 7. The van der Waals surface area contributed by atoms with Gasteiger partial charge in [-0.25, -0.2) is 9.78 Å². The molecule has 3 atom stereocenters. The highest BCUT2D eigenvalue weighted by Crippen LogP contribution is 2.35. The van der Waals surface area contributed by atoms with Gasteiger partial charge in [-0.15, -0.1) is 0 Å². The van der Waals surface area contributed by atoms with Crippen LogP contribution in [0.15, 0.2) is 48.7 Å². The number of ether oxygens (including phenoxy) is 1. The largest absolute Gasteiger partial charge is 0.457 e. The van der Waals surface area contributed by atoms with Gasteiger partial charge in [0, 0.05) is 37.1 Å². The van der Waals surface area contributed by atoms with Gasteiger partial charge in [-0.1, -0.05) is 12.8 Å². The van der Waals surface area contributed by atoms with E-state index in [-0.39, 0.29) is 5.97 Å². The topological polar surface area (TPSA) is 78.2 Å². The third-order valence-electron chi connectivity index (χ3n) is 7.36. The fourth-order valence-electron chi connectivity index (χ4n) is 5.67. The Morgan fingerprint density at radius 2 is 1.95 bits per heavy atom. The van der Waals surface area contributed by atoms with Gasteiger partial charge in [0.05, 0.1) is 11.6 Å². The highest BCUT2D eigenvalue weighted by molar-refractivity contribution is 5.87. The molecule has 1 aliphatic heterocycles. The fourth-order valence-corrected chi connectivity index (χ4v) is 5.67. The second kappa shape index (κ2) is 12.3. The first-order valence-electron chi connectivity index (χ1n) is 13.7. The zero-order chi connectivity index (χ0) is 26.3. The Hall–Kier alpha value is -3.33. The van der Waals surface area contributed by atoms with Crippen LogP contribution in [-0.2, 0) is 9.53 Å². The summed E-state index contributed by atoms with van der Waals surface area (Å²) < 4.78 is 5.37. The summed E-state index contributed by atoms with van der Waals surface area (Å²) in [4.78, 5) is 19.1. The zero-order valence-electron chi connectivity index (χ0n) is 22.5. The number of hydrogen-bond donors (Lipinski definition) is 1. The number of piperidine rings is 1. The molecule has 0 radical (unpaired) electrons. The predicted molar refractivity (Wildman–Crippen MR) is 149 cm³/mol. The molecule has 1 unspecified atom stereocenters. The molecule has 1 saturated carbocycles. The number of carbonyl (C=O) groups is 1. The number of anilines is 2. The van der Waals surface area contributed by atoms with Crippen LogP contribution in [0.4, 0.5) is 11.5 Å². The second-order valence-electron chi connectivity index (χ2n) is 11.5. The van der Waals surface area contributed by atoms with Crippen LogP contribution in [0.25, 0.3) is 6.08 Å². The minimum Gasteiger partial charge on any atom is -0.457 e. The van der Waals surface area contributed by atoms with Crippen LogP contribution in [0.2, 0.25) is 0 Å². The molecule has 1 aromatic heterocycles. The lowest BCUT2D eigenvalue weighted by atomic mass is 9.77. The molecular formula is C31H40N4O2. The SMILES string of the molecule is CC(C)(C)OC(=O)/C=C/c1ccnc(N[C@@H]2CCCC[C@H]2CC2CCCN(c3ccc(C#N)cc3)C2)c1. The summed E-state index contributed by atoms with van der Waals surface area (Å²) in [5, 5.41) is 12.8. The van der Waals surface area contributed by atoms with E-state index >= 15 is 0 Å². The van der Waals surface area contributed by atoms with Crippen molar-refractivity contribution in [3.8, 4) is 6.07 Å². The Morgan fingerprint density at radius 3 is 2.70 bits per heavy atom. The number of nitrogens with zero attached hydrogens (tertiary/aromatic N) is 3. The molecule has 0 amide bonds. The molecule has 1 saturated heterocycles. The molecule has 2 heterocycles. The highest BCUT2D eigenvalue weighted by atomic mass is 16.6. The minimum atomic E-state index is -0.500. The maximum atomic E-state index is 12.1. The van der Waals surface area contributed by atoms with Crippen molar-refractivity contribution >= 4 is 23.6 Å². The molecule has 2 aromatic rings. The Morgan fingerprint density at radius 1 is 1.16 bits per heavy atom. The Bertz CT molecular complexity index is 1110. The van der Waals surface area contributed by atoms with Gasteiger partial charge in [0.25, 0.3) is 0 Å². The molecule has 6 heteroatoms. The number of esters is 1. The quantitative estimate of drug-likeness (QED) is 0.341. The van der Waals surface area contributed by atoms with Gasteiger partial charge in [0.15, 0.2) is 0 Å². The molecule has 196 valence electrons. The van der Waals surface area contributed by atoms with Gasteiger partial charge >= 0.3 is 5.97 Å². The summed E-state index contributed by atoms with van der Waals surface area (Å²) in [6.45, 7) is 7.77. The normalized spacial score (nSPS) is 22.4. The number of benzene rings is 1. The lowest BCUT2D eigenvalue weighted by molar-refractivity contribution is -0.148. The molecule has 0 spiro atoms. The monoisotopic (exact) mass is 500 g/mol. The summed E-state index contributed by atoms with van der Waals surface area (Å²) in [6, 6.07) is 14.6. The smallest absolute Gasteiger partial charge is 0.331 e. The molecule has 4 rings (SSSR count). The maximum absolute atomic E-state index is 12.1. The molecule has 2 fully saturated rings. The molecule has 1 aliphatic carbocycles. The number of nitrogens with one attached hydrogen (secondary N) is 1. The van der Waals surface area contributed by atoms with Crippen molar-refractivity contribution in [1.82, 2.24) is 4.98 Å². The van der Waals surface area contributed by atoms with E-state index in [1.165, 1.54) is 50.3 Å². The molecule has 2 aliphatic rings. The van der Waals surface area contributed by atoms with Crippen molar-refractivity contribution in [2.45, 2.75) is 77.4 Å². The zero-order valence-corrected chi connectivity index (χ0v) is 22.5. The van der Waals surface area contributed by atoms with Crippen molar-refractivity contribution < 1.29 is 9.53 Å². The Labute approximate surface area is 221 Å². The fraction of sp³-hybridized carbons (Fsp3) is 0.516. The molecule has 37 heavy (non-hydrogen) atoms. The van der Waals surface area contributed by atoms with Crippen molar-refractivity contribution in [2.75, 3.05) is 23.3 Å². The summed E-state index contributed by atoms with van der Waals surface area (Å²) in [5.41, 5.74) is 2.37. The lowest BCUT2D eigenvalue weighted by Gasteiger charge is -2.39. The van der Waals surface area contributed by atoms with Crippen LogP contribution in [-0.4, -0.2) is 35.7 Å². The molecule has 1 aromatic carbocycles. The first-order valence-corrected chi connectivity index (χ1v) is 13.7. The van der Waals surface area contributed by atoms with Crippen LogP contribution >= 0.6 is 0 Å². The maximum Gasteiger partial charge on any atom is 0.331 e. The number of pyridine rings is 1. The van der Waals surface area contributed by atoms with E-state index in [9.17, 15) is 4.79 Å². The van der Waals surface area contributed by atoms with Gasteiger partial charge < -0.3 is 15.0 Å². The number of nitriles is 1. The van der Waals surface area contributed by atoms with E-state index in [1.807, 2.05) is 45.0 Å². The van der Waals surface area contributed by atoms with Crippen molar-refractivity contribution in [1.29, 1.82) is 5.26 Å². The predicted octanol–water partition coefficient (Wildman–Crippen LogP) is 6.59. The first kappa shape index (κ1) is 26.7. The van der Waals surface area contributed by atoms with E-state index in [0.29, 0.717) is 23.4 Å². The molecule has 0 bridgehead atoms. The van der Waals surface area contributed by atoms with Crippen molar-refractivity contribution in [2.24, 2.45) is 11.8 Å². The first-order chi connectivity index (χ1) is 17.8. The van der Waals surface area contributed by atoms with Gasteiger partial charge in [-0.3, -0.25) is 0 Å². The van der Waals surface area contributed by atoms with Crippen molar-refractivity contribution in [3.63, 3.8) is 0 Å². The standard InChI is InChI=1S/C31H40N4O2/c1-31(2,3)37-30(36)15-12-23-16-17-33-29(20-23)34-28-9-5-4-8-26(28)19-25-7-6-18-35(22-25)27-13-10-24(21-32)11-14-27/h10-17,20,25-26,28H,4-9,18-19,22H2,1-3H3,(H,33,34)/b15-12+/t25?,26-,28+/m0/s1. The Balaban J connectivity index is 1.36. The minimum absolute atomic E-state index is 0.339. The summed E-state index contributed by atoms with van der Waals surface area (Å²) in [5.74, 6) is 1.83. The molecular weight excluding hydrogens is 460 g/mol. The van der Waals surface area contributed by atoms with E-state index in [2.05, 4.69) is 33.4 Å². The van der Waals surface area contributed by atoms with Gasteiger partial charge in [0.1, 0.15) is 11.4 Å². The van der Waals surface area contributed by atoms with Crippen LogP contribution < -0.4 is 10.2 Å².